The summed E-state index contributed by atoms with van der Waals surface area (Å²) in [4.78, 5) is 0. The summed E-state index contributed by atoms with van der Waals surface area (Å²) >= 11 is 5.04. The second-order valence-corrected chi connectivity index (χ2v) is 5.05. The van der Waals surface area contributed by atoms with Crippen LogP contribution in [0.15, 0.2) is 53.6 Å². The molecule has 2 N–H and O–H groups in total. The van der Waals surface area contributed by atoms with Gasteiger partial charge in [-0.25, -0.2) is 0 Å². The fourth-order valence-corrected chi connectivity index (χ4v) is 2.06. The number of hydrogen-bond acceptors (Lipinski definition) is 3. The molecular formula is C16H14F3N3OS. The van der Waals surface area contributed by atoms with Crippen molar-refractivity contribution in [1.29, 1.82) is 0 Å². The van der Waals surface area contributed by atoms with Gasteiger partial charge in [0.1, 0.15) is 5.75 Å². The van der Waals surface area contributed by atoms with Gasteiger partial charge in [-0.15, -0.1) is 0 Å². The van der Waals surface area contributed by atoms with Crippen LogP contribution in [0.4, 0.5) is 18.9 Å². The van der Waals surface area contributed by atoms with Crippen LogP contribution in [0, 0.1) is 0 Å². The number of thiocarbonyl (C=S) groups is 1. The number of nitrogens with zero attached hydrogens (tertiary/aromatic N) is 1. The van der Waals surface area contributed by atoms with Crippen LogP contribution in [-0.4, -0.2) is 18.4 Å². The summed E-state index contributed by atoms with van der Waals surface area (Å²) in [7, 11) is 1.54. The van der Waals surface area contributed by atoms with Crippen molar-refractivity contribution < 1.29 is 17.9 Å². The molecule has 0 bridgehead atoms. The summed E-state index contributed by atoms with van der Waals surface area (Å²) in [6.07, 6.45) is -3.37. The molecule has 0 aliphatic heterocycles. The highest BCUT2D eigenvalue weighted by molar-refractivity contribution is 7.80. The molecule has 0 atom stereocenters. The predicted octanol–water partition coefficient (Wildman–Crippen LogP) is 4.03. The van der Waals surface area contributed by atoms with E-state index in [1.807, 2.05) is 0 Å². The topological polar surface area (TPSA) is 45.6 Å². The van der Waals surface area contributed by atoms with E-state index in [9.17, 15) is 13.2 Å². The van der Waals surface area contributed by atoms with Gasteiger partial charge < -0.3 is 10.1 Å². The Balaban J connectivity index is 2.00. The maximum atomic E-state index is 12.9. The molecule has 24 heavy (non-hydrogen) atoms. The first-order valence-electron chi connectivity index (χ1n) is 6.80. The number of ether oxygens (including phenoxy) is 1. The number of hydrogen-bond donors (Lipinski definition) is 2. The fourth-order valence-electron chi connectivity index (χ4n) is 1.89. The smallest absolute Gasteiger partial charge is 0.417 e. The second kappa shape index (κ2) is 7.78. The van der Waals surface area contributed by atoms with E-state index >= 15 is 0 Å². The first-order chi connectivity index (χ1) is 11.4. The number of alkyl halides is 3. The normalized spacial score (nSPS) is 11.3. The Kier molecular flexibility index (Phi) is 5.75. The highest BCUT2D eigenvalue weighted by Crippen LogP contribution is 2.31. The van der Waals surface area contributed by atoms with Crippen LogP contribution in [0.1, 0.15) is 11.1 Å². The highest BCUT2D eigenvalue weighted by Gasteiger charge is 2.32. The van der Waals surface area contributed by atoms with Crippen LogP contribution in [0.3, 0.4) is 0 Å². The van der Waals surface area contributed by atoms with E-state index in [0.717, 1.165) is 12.3 Å². The van der Waals surface area contributed by atoms with Crippen LogP contribution in [0.2, 0.25) is 0 Å². The molecule has 2 aromatic rings. The summed E-state index contributed by atoms with van der Waals surface area (Å²) in [5, 5.41) is 6.74. The maximum Gasteiger partial charge on any atom is 0.417 e. The third kappa shape index (κ3) is 4.95. The Bertz CT molecular complexity index is 747. The molecule has 0 saturated heterocycles. The van der Waals surface area contributed by atoms with Crippen LogP contribution in [-0.2, 0) is 6.18 Å². The number of hydrazone groups is 1. The van der Waals surface area contributed by atoms with E-state index in [4.69, 9.17) is 17.0 Å². The number of benzene rings is 2. The lowest BCUT2D eigenvalue weighted by Crippen LogP contribution is -2.24. The summed E-state index contributed by atoms with van der Waals surface area (Å²) in [6.45, 7) is 0. The van der Waals surface area contributed by atoms with E-state index < -0.39 is 11.7 Å². The molecule has 4 nitrogen and oxygen atoms in total. The molecule has 0 spiro atoms. The number of rotatable bonds is 4. The van der Waals surface area contributed by atoms with E-state index in [1.165, 1.54) is 25.3 Å². The fraction of sp³-hybridized carbons (Fsp3) is 0.125. The molecule has 2 rings (SSSR count). The zero-order chi connectivity index (χ0) is 17.6. The van der Waals surface area contributed by atoms with Gasteiger partial charge in [0, 0.05) is 17.3 Å². The van der Waals surface area contributed by atoms with Gasteiger partial charge in [-0.3, -0.25) is 5.43 Å². The minimum atomic E-state index is -4.44. The lowest BCUT2D eigenvalue weighted by Gasteiger charge is -2.10. The van der Waals surface area contributed by atoms with Gasteiger partial charge >= 0.3 is 6.18 Å². The maximum absolute atomic E-state index is 12.9. The molecular weight excluding hydrogens is 339 g/mol. The van der Waals surface area contributed by atoms with Gasteiger partial charge in [0.05, 0.1) is 18.9 Å². The molecule has 2 aromatic carbocycles. The van der Waals surface area contributed by atoms with Crippen molar-refractivity contribution in [2.45, 2.75) is 6.18 Å². The van der Waals surface area contributed by atoms with Crippen molar-refractivity contribution in [2.75, 3.05) is 12.4 Å². The Morgan fingerprint density at radius 3 is 2.62 bits per heavy atom. The van der Waals surface area contributed by atoms with Crippen molar-refractivity contribution >= 4 is 29.2 Å². The molecule has 126 valence electrons. The van der Waals surface area contributed by atoms with E-state index in [0.29, 0.717) is 11.4 Å². The van der Waals surface area contributed by atoms with Crippen molar-refractivity contribution in [2.24, 2.45) is 5.10 Å². The number of halogens is 3. The average Bonchev–Trinajstić information content (AvgIpc) is 2.54. The molecule has 0 aliphatic carbocycles. The molecule has 0 fully saturated rings. The third-order valence-electron chi connectivity index (χ3n) is 2.96. The van der Waals surface area contributed by atoms with Crippen molar-refractivity contribution in [3.8, 4) is 5.75 Å². The van der Waals surface area contributed by atoms with Gasteiger partial charge in [0.25, 0.3) is 0 Å². The number of methoxy groups -OCH3 is 1. The first kappa shape index (κ1) is 17.7. The second-order valence-electron chi connectivity index (χ2n) is 4.64. The summed E-state index contributed by atoms with van der Waals surface area (Å²) in [5.41, 5.74) is 2.33. The molecule has 0 heterocycles. The van der Waals surface area contributed by atoms with Crippen molar-refractivity contribution in [1.82, 2.24) is 5.43 Å². The number of anilines is 1. The molecule has 0 aliphatic rings. The third-order valence-corrected chi connectivity index (χ3v) is 3.16. The minimum Gasteiger partial charge on any atom is -0.497 e. The predicted molar refractivity (Wildman–Crippen MR) is 91.4 cm³/mol. The molecule has 0 radical (unpaired) electrons. The standard InChI is InChI=1S/C16H14F3N3OS/c1-23-13-7-4-6-12(9-13)21-15(24)22-20-10-11-5-2-3-8-14(11)16(17,18)19/h2-10H,1H3,(H2,21,22,24)/b20-10-. The van der Waals surface area contributed by atoms with Gasteiger partial charge in [-0.2, -0.15) is 18.3 Å². The van der Waals surface area contributed by atoms with Crippen LogP contribution >= 0.6 is 12.2 Å². The van der Waals surface area contributed by atoms with E-state index in [1.54, 1.807) is 24.3 Å². The average molecular weight is 353 g/mol. The van der Waals surface area contributed by atoms with Crippen molar-refractivity contribution in [3.63, 3.8) is 0 Å². The van der Waals surface area contributed by atoms with Crippen LogP contribution < -0.4 is 15.5 Å². The van der Waals surface area contributed by atoms with Gasteiger partial charge in [0.15, 0.2) is 5.11 Å². The summed E-state index contributed by atoms with van der Waals surface area (Å²) in [5.74, 6) is 0.644. The summed E-state index contributed by atoms with van der Waals surface area (Å²) in [6, 6.07) is 12.2. The Labute approximate surface area is 142 Å². The number of nitrogens with one attached hydrogen (secondary N) is 2. The van der Waals surface area contributed by atoms with E-state index in [-0.39, 0.29) is 10.7 Å². The molecule has 8 heteroatoms. The summed E-state index contributed by atoms with van der Waals surface area (Å²) < 4.78 is 43.7. The minimum absolute atomic E-state index is 0.0540. The zero-order valence-electron chi connectivity index (χ0n) is 12.6. The SMILES string of the molecule is COc1cccc(NC(=S)N/N=C\c2ccccc2C(F)(F)F)c1. The molecule has 0 aromatic heterocycles. The van der Waals surface area contributed by atoms with E-state index in [2.05, 4.69) is 15.8 Å². The lowest BCUT2D eigenvalue weighted by atomic mass is 10.1. The lowest BCUT2D eigenvalue weighted by molar-refractivity contribution is -0.137. The Morgan fingerprint density at radius 2 is 1.92 bits per heavy atom. The zero-order valence-corrected chi connectivity index (χ0v) is 13.4. The Morgan fingerprint density at radius 1 is 1.17 bits per heavy atom. The Hall–Kier alpha value is -2.61. The van der Waals surface area contributed by atoms with Gasteiger partial charge in [-0.05, 0) is 30.4 Å². The molecule has 0 unspecified atom stereocenters. The first-order valence-corrected chi connectivity index (χ1v) is 7.21. The monoisotopic (exact) mass is 353 g/mol. The largest absolute Gasteiger partial charge is 0.497 e. The highest BCUT2D eigenvalue weighted by atomic mass is 32.1. The van der Waals surface area contributed by atoms with Crippen LogP contribution in [0.5, 0.6) is 5.75 Å². The molecule has 0 amide bonds. The van der Waals surface area contributed by atoms with Crippen molar-refractivity contribution in [3.05, 3.63) is 59.7 Å². The van der Waals surface area contributed by atoms with Gasteiger partial charge in [0.2, 0.25) is 0 Å². The van der Waals surface area contributed by atoms with Crippen LogP contribution in [0.25, 0.3) is 0 Å². The molecule has 0 saturated carbocycles. The quantitative estimate of drug-likeness (QED) is 0.495. The van der Waals surface area contributed by atoms with Gasteiger partial charge in [-0.1, -0.05) is 24.3 Å².